The fourth-order valence-electron chi connectivity index (χ4n) is 1.82. The molecule has 0 bridgehead atoms. The number of likely N-dealkylation sites (N-methyl/N-ethyl adjacent to an activating group) is 1. The third-order valence-electron chi connectivity index (χ3n) is 3.25. The van der Waals surface area contributed by atoms with E-state index in [-0.39, 0.29) is 5.91 Å². The van der Waals surface area contributed by atoms with E-state index >= 15 is 0 Å². The van der Waals surface area contributed by atoms with Crippen LogP contribution in [0.1, 0.15) is 17.3 Å². The fraction of sp³-hybridized carbons (Fsp3) is 0.333. The van der Waals surface area contributed by atoms with Crippen LogP contribution < -0.4 is 5.32 Å². The van der Waals surface area contributed by atoms with Crippen molar-refractivity contribution in [2.75, 3.05) is 26.7 Å². The summed E-state index contributed by atoms with van der Waals surface area (Å²) < 4.78 is 1.90. The SMILES string of the molecule is CCN(C)CCNC(=O)c1ccc(-n2ccnc2)cc1. The van der Waals surface area contributed by atoms with Crippen molar-refractivity contribution in [1.29, 1.82) is 0 Å². The molecule has 2 aromatic rings. The zero-order valence-corrected chi connectivity index (χ0v) is 11.9. The molecule has 1 heterocycles. The Morgan fingerprint density at radius 3 is 2.70 bits per heavy atom. The van der Waals surface area contributed by atoms with Crippen LogP contribution in [0.3, 0.4) is 0 Å². The number of imidazole rings is 1. The number of aromatic nitrogens is 2. The molecule has 0 unspecified atom stereocenters. The molecule has 1 N–H and O–H groups in total. The summed E-state index contributed by atoms with van der Waals surface area (Å²) in [6, 6.07) is 7.48. The monoisotopic (exact) mass is 272 g/mol. The quantitative estimate of drug-likeness (QED) is 0.868. The molecule has 20 heavy (non-hydrogen) atoms. The van der Waals surface area contributed by atoms with Crippen LogP contribution >= 0.6 is 0 Å². The van der Waals surface area contributed by atoms with Crippen LogP contribution in [0, 0.1) is 0 Å². The first-order valence-electron chi connectivity index (χ1n) is 6.76. The molecule has 1 aromatic carbocycles. The van der Waals surface area contributed by atoms with Gasteiger partial charge in [0.2, 0.25) is 0 Å². The summed E-state index contributed by atoms with van der Waals surface area (Å²) in [6.07, 6.45) is 5.33. The van der Waals surface area contributed by atoms with E-state index in [1.807, 2.05) is 42.1 Å². The van der Waals surface area contributed by atoms with Gasteiger partial charge in [-0.25, -0.2) is 4.98 Å². The Kier molecular flexibility index (Phi) is 4.90. The van der Waals surface area contributed by atoms with E-state index < -0.39 is 0 Å². The van der Waals surface area contributed by atoms with Crippen molar-refractivity contribution in [2.24, 2.45) is 0 Å². The highest BCUT2D eigenvalue weighted by Crippen LogP contribution is 2.09. The zero-order valence-electron chi connectivity index (χ0n) is 11.9. The van der Waals surface area contributed by atoms with Gasteiger partial charge in [-0.1, -0.05) is 6.92 Å². The number of carbonyl (C=O) groups excluding carboxylic acids is 1. The van der Waals surface area contributed by atoms with Crippen molar-refractivity contribution in [3.63, 3.8) is 0 Å². The van der Waals surface area contributed by atoms with Crippen LogP contribution in [0.2, 0.25) is 0 Å². The highest BCUT2D eigenvalue weighted by molar-refractivity contribution is 5.94. The Balaban J connectivity index is 1.91. The second-order valence-electron chi connectivity index (χ2n) is 4.67. The molecular weight excluding hydrogens is 252 g/mol. The van der Waals surface area contributed by atoms with Crippen molar-refractivity contribution in [3.05, 3.63) is 48.5 Å². The van der Waals surface area contributed by atoms with Crippen LogP contribution in [-0.4, -0.2) is 47.0 Å². The van der Waals surface area contributed by atoms with Gasteiger partial charge in [-0.15, -0.1) is 0 Å². The van der Waals surface area contributed by atoms with Gasteiger partial charge in [0.05, 0.1) is 6.33 Å². The second kappa shape index (κ2) is 6.86. The first-order chi connectivity index (χ1) is 9.70. The number of nitrogens with one attached hydrogen (secondary N) is 1. The van der Waals surface area contributed by atoms with Crippen molar-refractivity contribution < 1.29 is 4.79 Å². The highest BCUT2D eigenvalue weighted by atomic mass is 16.1. The molecule has 0 radical (unpaired) electrons. The van der Waals surface area contributed by atoms with E-state index in [4.69, 9.17) is 0 Å². The maximum Gasteiger partial charge on any atom is 0.251 e. The smallest absolute Gasteiger partial charge is 0.251 e. The summed E-state index contributed by atoms with van der Waals surface area (Å²) in [5, 5.41) is 2.92. The molecule has 5 nitrogen and oxygen atoms in total. The molecule has 0 aliphatic carbocycles. The van der Waals surface area contributed by atoms with Gasteiger partial charge in [-0.05, 0) is 37.9 Å². The molecular formula is C15H20N4O. The summed E-state index contributed by atoms with van der Waals surface area (Å²) in [5.74, 6) is -0.0355. The van der Waals surface area contributed by atoms with Gasteiger partial charge in [0.15, 0.2) is 0 Å². The van der Waals surface area contributed by atoms with E-state index in [0.29, 0.717) is 12.1 Å². The molecule has 0 fully saturated rings. The number of rotatable bonds is 6. The molecule has 0 atom stereocenters. The van der Waals surface area contributed by atoms with Crippen LogP contribution in [0.5, 0.6) is 0 Å². The fourth-order valence-corrected chi connectivity index (χ4v) is 1.82. The van der Waals surface area contributed by atoms with Gasteiger partial charge in [-0.2, -0.15) is 0 Å². The Morgan fingerprint density at radius 1 is 1.35 bits per heavy atom. The minimum atomic E-state index is -0.0355. The van der Waals surface area contributed by atoms with Gasteiger partial charge < -0.3 is 14.8 Å². The molecule has 1 amide bonds. The Bertz CT molecular complexity index is 534. The number of carbonyl (C=O) groups is 1. The zero-order chi connectivity index (χ0) is 14.4. The predicted octanol–water partition coefficient (Wildman–Crippen LogP) is 1.55. The molecule has 0 aliphatic rings. The van der Waals surface area contributed by atoms with Crippen LogP contribution in [0.4, 0.5) is 0 Å². The second-order valence-corrected chi connectivity index (χ2v) is 4.67. The lowest BCUT2D eigenvalue weighted by Crippen LogP contribution is -2.32. The third kappa shape index (κ3) is 3.68. The van der Waals surface area contributed by atoms with Gasteiger partial charge in [0.1, 0.15) is 0 Å². The van der Waals surface area contributed by atoms with Crippen molar-refractivity contribution in [3.8, 4) is 5.69 Å². The van der Waals surface area contributed by atoms with E-state index in [1.165, 1.54) is 0 Å². The highest BCUT2D eigenvalue weighted by Gasteiger charge is 2.05. The molecule has 0 spiro atoms. The van der Waals surface area contributed by atoms with E-state index in [0.717, 1.165) is 18.8 Å². The topological polar surface area (TPSA) is 50.2 Å². The summed E-state index contributed by atoms with van der Waals surface area (Å²) in [4.78, 5) is 18.1. The maximum absolute atomic E-state index is 12.0. The molecule has 106 valence electrons. The number of benzene rings is 1. The molecule has 0 saturated heterocycles. The number of amides is 1. The summed E-state index contributed by atoms with van der Waals surface area (Å²) in [6.45, 7) is 4.59. The number of hydrogen-bond donors (Lipinski definition) is 1. The Labute approximate surface area is 119 Å². The standard InChI is InChI=1S/C15H20N4O/c1-3-18(2)10-9-17-15(20)13-4-6-14(7-5-13)19-11-8-16-12-19/h4-8,11-12H,3,9-10H2,1-2H3,(H,17,20). The Morgan fingerprint density at radius 2 is 2.10 bits per heavy atom. The largest absolute Gasteiger partial charge is 0.351 e. The molecule has 2 rings (SSSR count). The van der Waals surface area contributed by atoms with E-state index in [2.05, 4.69) is 22.1 Å². The maximum atomic E-state index is 12.0. The van der Waals surface area contributed by atoms with E-state index in [9.17, 15) is 4.79 Å². The van der Waals surface area contributed by atoms with Crippen LogP contribution in [-0.2, 0) is 0 Å². The molecule has 0 saturated carbocycles. The van der Waals surface area contributed by atoms with Crippen LogP contribution in [0.25, 0.3) is 5.69 Å². The summed E-state index contributed by atoms with van der Waals surface area (Å²) in [7, 11) is 2.03. The Hall–Kier alpha value is -2.14. The number of nitrogens with zero attached hydrogens (tertiary/aromatic N) is 3. The molecule has 1 aromatic heterocycles. The van der Waals surface area contributed by atoms with Gasteiger partial charge in [0.25, 0.3) is 5.91 Å². The molecule has 5 heteroatoms. The first kappa shape index (κ1) is 14.3. The minimum Gasteiger partial charge on any atom is -0.351 e. The van der Waals surface area contributed by atoms with Gasteiger partial charge in [0, 0.05) is 36.7 Å². The predicted molar refractivity (Wildman–Crippen MR) is 79.1 cm³/mol. The minimum absolute atomic E-state index is 0.0355. The van der Waals surface area contributed by atoms with Crippen molar-refractivity contribution >= 4 is 5.91 Å². The lowest BCUT2D eigenvalue weighted by Gasteiger charge is -2.14. The van der Waals surface area contributed by atoms with Gasteiger partial charge in [-0.3, -0.25) is 4.79 Å². The normalized spacial score (nSPS) is 10.8. The van der Waals surface area contributed by atoms with Gasteiger partial charge >= 0.3 is 0 Å². The number of hydrogen-bond acceptors (Lipinski definition) is 3. The van der Waals surface area contributed by atoms with E-state index in [1.54, 1.807) is 12.5 Å². The molecule has 0 aliphatic heterocycles. The van der Waals surface area contributed by atoms with Crippen molar-refractivity contribution in [2.45, 2.75) is 6.92 Å². The van der Waals surface area contributed by atoms with Crippen LogP contribution in [0.15, 0.2) is 43.0 Å². The van der Waals surface area contributed by atoms with Crippen molar-refractivity contribution in [1.82, 2.24) is 19.8 Å². The lowest BCUT2D eigenvalue weighted by atomic mass is 10.2. The summed E-state index contributed by atoms with van der Waals surface area (Å²) in [5.41, 5.74) is 1.66. The summed E-state index contributed by atoms with van der Waals surface area (Å²) >= 11 is 0. The average molecular weight is 272 g/mol. The first-order valence-corrected chi connectivity index (χ1v) is 6.76. The lowest BCUT2D eigenvalue weighted by molar-refractivity contribution is 0.0950. The third-order valence-corrected chi connectivity index (χ3v) is 3.25. The average Bonchev–Trinajstić information content (AvgIpc) is 3.01.